The molecule has 1 fully saturated rings. The number of aromatic nitrogens is 1. The fourth-order valence-corrected chi connectivity index (χ4v) is 3.61. The SMILES string of the molecule is CCC(=O)O.CCCC1COC(C)(C)O1.CCCCCC(=O)O.CCCCOC.CCCOC.CCCc1ccccc1.Cc1ccncc1. The standard InChI is InChI=1S/C9H12.C8H16O2.C6H7N.C6H12O2.C5H12O.C4H10O.C3H6O2/c1-2-6-9-7-4-3-5-8-9;1-4-5-7-6-9-8(2,3)10-7;1-6-2-4-7-5-3-6;1-2-3-4-5-6(7)8;1-3-4-5-6-2;1-3-4-5-2;1-2-3(4)5/h3-5,7-8H,2,6H2,1H3;7H,4-6H2,1-3H3;2-5H,1H3;2-5H2,1H3,(H,7,8);3-5H2,1-2H3;3-4H2,1-2H3;2H2,1H3,(H,4,5). The molecule has 1 unspecified atom stereocenters. The van der Waals surface area contributed by atoms with E-state index in [0.29, 0.717) is 12.5 Å². The van der Waals surface area contributed by atoms with Crippen molar-refractivity contribution in [3.05, 3.63) is 66.0 Å². The largest absolute Gasteiger partial charge is 0.481 e. The van der Waals surface area contributed by atoms with Gasteiger partial charge in [-0.25, -0.2) is 0 Å². The summed E-state index contributed by atoms with van der Waals surface area (Å²) in [6.45, 7) is 20.8. The van der Waals surface area contributed by atoms with Crippen molar-refractivity contribution in [1.82, 2.24) is 4.98 Å². The van der Waals surface area contributed by atoms with Crippen LogP contribution in [0.5, 0.6) is 0 Å². The van der Waals surface area contributed by atoms with Crippen LogP contribution in [0.2, 0.25) is 0 Å². The Hall–Kier alpha value is -2.85. The number of aliphatic carboxylic acids is 2. The molecule has 1 atom stereocenters. The van der Waals surface area contributed by atoms with E-state index in [2.05, 4.69) is 69.9 Å². The van der Waals surface area contributed by atoms with Crippen LogP contribution < -0.4 is 0 Å². The number of hydrogen-bond donors (Lipinski definition) is 2. The van der Waals surface area contributed by atoms with Crippen molar-refractivity contribution in [3.8, 4) is 0 Å². The minimum Gasteiger partial charge on any atom is -0.481 e. The molecule has 2 aromatic rings. The summed E-state index contributed by atoms with van der Waals surface area (Å²) < 4.78 is 20.4. The number of benzene rings is 1. The number of methoxy groups -OCH3 is 2. The van der Waals surface area contributed by atoms with Crippen molar-refractivity contribution in [3.63, 3.8) is 0 Å². The summed E-state index contributed by atoms with van der Waals surface area (Å²) in [5.41, 5.74) is 2.70. The second-order valence-electron chi connectivity index (χ2n) is 11.9. The fraction of sp³-hybridized carbons (Fsp3) is 0.683. The van der Waals surface area contributed by atoms with Crippen LogP contribution >= 0.6 is 0 Å². The maximum Gasteiger partial charge on any atom is 0.303 e. The van der Waals surface area contributed by atoms with E-state index in [1.165, 1.54) is 43.2 Å². The molecule has 50 heavy (non-hydrogen) atoms. The molecule has 1 aromatic heterocycles. The van der Waals surface area contributed by atoms with Crippen LogP contribution in [0.25, 0.3) is 0 Å². The zero-order valence-electron chi connectivity index (χ0n) is 33.7. The Bertz CT molecular complexity index is 936. The van der Waals surface area contributed by atoms with Gasteiger partial charge in [0.1, 0.15) is 0 Å². The number of ether oxygens (including phenoxy) is 4. The van der Waals surface area contributed by atoms with Gasteiger partial charge in [-0.15, -0.1) is 0 Å². The Morgan fingerprint density at radius 2 is 1.34 bits per heavy atom. The van der Waals surface area contributed by atoms with Gasteiger partial charge in [0.2, 0.25) is 0 Å². The van der Waals surface area contributed by atoms with Gasteiger partial charge < -0.3 is 29.2 Å². The Morgan fingerprint density at radius 3 is 1.64 bits per heavy atom. The van der Waals surface area contributed by atoms with Crippen LogP contribution in [0.1, 0.15) is 137 Å². The van der Waals surface area contributed by atoms with E-state index in [4.69, 9.17) is 29.2 Å². The molecule has 0 amide bonds. The van der Waals surface area contributed by atoms with Gasteiger partial charge in [0, 0.05) is 52.7 Å². The number of rotatable bonds is 14. The number of nitrogens with zero attached hydrogens (tertiary/aromatic N) is 1. The number of carbonyl (C=O) groups is 2. The number of pyridine rings is 1. The van der Waals surface area contributed by atoms with Gasteiger partial charge in [0.05, 0.1) is 12.7 Å². The molecule has 0 bridgehead atoms. The summed E-state index contributed by atoms with van der Waals surface area (Å²) in [4.78, 5) is 23.1. The second kappa shape index (κ2) is 42.3. The highest BCUT2D eigenvalue weighted by Gasteiger charge is 2.31. The lowest BCUT2D eigenvalue weighted by molar-refractivity contribution is -0.139. The van der Waals surface area contributed by atoms with E-state index in [0.717, 1.165) is 51.9 Å². The third kappa shape index (κ3) is 49.5. The van der Waals surface area contributed by atoms with E-state index in [1.807, 2.05) is 32.9 Å². The molecule has 9 nitrogen and oxygen atoms in total. The van der Waals surface area contributed by atoms with E-state index < -0.39 is 11.9 Å². The lowest BCUT2D eigenvalue weighted by Crippen LogP contribution is -2.21. The first-order valence-electron chi connectivity index (χ1n) is 18.5. The summed E-state index contributed by atoms with van der Waals surface area (Å²) >= 11 is 0. The molecule has 1 aliphatic rings. The summed E-state index contributed by atoms with van der Waals surface area (Å²) in [5, 5.41) is 15.9. The van der Waals surface area contributed by atoms with Crippen LogP contribution in [0.4, 0.5) is 0 Å². The predicted molar refractivity (Wildman–Crippen MR) is 208 cm³/mol. The van der Waals surface area contributed by atoms with Crippen LogP contribution in [0.3, 0.4) is 0 Å². The highest BCUT2D eigenvalue weighted by molar-refractivity contribution is 5.66. The van der Waals surface area contributed by atoms with Gasteiger partial charge in [-0.1, -0.05) is 104 Å². The van der Waals surface area contributed by atoms with E-state index >= 15 is 0 Å². The Kier molecular flexibility index (Phi) is 45.6. The number of unbranched alkanes of at least 4 members (excludes halogenated alkanes) is 3. The van der Waals surface area contributed by atoms with Crippen LogP contribution in [0.15, 0.2) is 54.9 Å². The summed E-state index contributed by atoms with van der Waals surface area (Å²) in [7, 11) is 3.44. The highest BCUT2D eigenvalue weighted by Crippen LogP contribution is 2.24. The quantitative estimate of drug-likeness (QED) is 0.184. The maximum absolute atomic E-state index is 9.87. The minimum absolute atomic E-state index is 0.222. The number of carboxylic acid groups (broad SMARTS) is 2. The van der Waals surface area contributed by atoms with Crippen molar-refractivity contribution >= 4 is 11.9 Å². The smallest absolute Gasteiger partial charge is 0.303 e. The minimum atomic E-state index is -0.745. The molecule has 1 aliphatic heterocycles. The van der Waals surface area contributed by atoms with Gasteiger partial charge in [0.15, 0.2) is 5.79 Å². The van der Waals surface area contributed by atoms with Crippen LogP contribution in [-0.2, 0) is 35.0 Å². The molecule has 0 radical (unpaired) electrons. The monoisotopic (exact) mass is 710 g/mol. The van der Waals surface area contributed by atoms with Crippen LogP contribution in [0, 0.1) is 6.92 Å². The lowest BCUT2D eigenvalue weighted by Gasteiger charge is -2.16. The Balaban J connectivity index is -0.000000251. The molecule has 9 heteroatoms. The first kappa shape index (κ1) is 53.9. The van der Waals surface area contributed by atoms with Crippen molar-refractivity contribution in [2.75, 3.05) is 34.0 Å². The molecule has 0 aliphatic carbocycles. The van der Waals surface area contributed by atoms with Crippen molar-refractivity contribution < 1.29 is 38.7 Å². The predicted octanol–water partition coefficient (Wildman–Crippen LogP) is 10.6. The zero-order valence-corrected chi connectivity index (χ0v) is 33.7. The third-order valence-electron chi connectivity index (χ3n) is 6.31. The van der Waals surface area contributed by atoms with Gasteiger partial charge in [-0.2, -0.15) is 0 Å². The van der Waals surface area contributed by atoms with Gasteiger partial charge in [-0.3, -0.25) is 14.6 Å². The Morgan fingerprint density at radius 1 is 0.780 bits per heavy atom. The molecule has 2 N–H and O–H groups in total. The van der Waals surface area contributed by atoms with Crippen LogP contribution in [-0.4, -0.2) is 73.1 Å². The Labute approximate surface area is 306 Å². The number of carboxylic acids is 2. The number of aryl methyl sites for hydroxylation is 2. The maximum atomic E-state index is 9.87. The van der Waals surface area contributed by atoms with Crippen molar-refractivity contribution in [2.45, 2.75) is 151 Å². The molecule has 1 saturated heterocycles. The average molecular weight is 710 g/mol. The molecule has 0 saturated carbocycles. The summed E-state index contributed by atoms with van der Waals surface area (Å²) in [5.74, 6) is -1.76. The first-order valence-corrected chi connectivity index (χ1v) is 18.5. The van der Waals surface area contributed by atoms with Gasteiger partial charge in [-0.05, 0) is 76.1 Å². The van der Waals surface area contributed by atoms with E-state index in [1.54, 1.807) is 33.5 Å². The molecule has 292 valence electrons. The molecule has 0 spiro atoms. The van der Waals surface area contributed by atoms with E-state index in [-0.39, 0.29) is 12.2 Å². The molecular weight excluding hydrogens is 634 g/mol. The van der Waals surface area contributed by atoms with Crippen molar-refractivity contribution in [2.24, 2.45) is 0 Å². The average Bonchev–Trinajstić information content (AvgIpc) is 3.44. The normalized spacial score (nSPS) is 13.2. The highest BCUT2D eigenvalue weighted by atomic mass is 16.7. The third-order valence-corrected chi connectivity index (χ3v) is 6.31. The molecule has 3 rings (SSSR count). The molecular formula is C41H75NO8. The summed E-state index contributed by atoms with van der Waals surface area (Å²) in [6.07, 6.45) is 15.7. The van der Waals surface area contributed by atoms with Crippen molar-refractivity contribution in [1.29, 1.82) is 0 Å². The first-order chi connectivity index (χ1) is 23.8. The zero-order chi connectivity index (χ0) is 38.9. The lowest BCUT2D eigenvalue weighted by atomic mass is 10.1. The molecule has 2 heterocycles. The van der Waals surface area contributed by atoms with E-state index in [9.17, 15) is 9.59 Å². The summed E-state index contributed by atoms with van der Waals surface area (Å²) in [6, 6.07) is 14.5. The second-order valence-corrected chi connectivity index (χ2v) is 11.9. The van der Waals surface area contributed by atoms with Gasteiger partial charge in [0.25, 0.3) is 0 Å². The topological polar surface area (TPSA) is 124 Å². The number of hydrogen-bond acceptors (Lipinski definition) is 7. The fourth-order valence-electron chi connectivity index (χ4n) is 3.61. The van der Waals surface area contributed by atoms with Gasteiger partial charge >= 0.3 is 11.9 Å². The molecule has 1 aromatic carbocycles.